The van der Waals surface area contributed by atoms with E-state index in [0.29, 0.717) is 13.1 Å². The maximum absolute atomic E-state index is 14.3. The molecule has 270 valence electrons. The highest BCUT2D eigenvalue weighted by atomic mass is 31.2. The number of hydrogen-bond donors (Lipinski definition) is 3. The summed E-state index contributed by atoms with van der Waals surface area (Å²) in [6, 6.07) is 3.84. The second kappa shape index (κ2) is 14.4. The fourth-order valence-corrected chi connectivity index (χ4v) is 8.99. The van der Waals surface area contributed by atoms with Gasteiger partial charge in [-0.1, -0.05) is 58.4 Å². The van der Waals surface area contributed by atoms with Crippen molar-refractivity contribution in [2.24, 2.45) is 17.3 Å². The van der Waals surface area contributed by atoms with E-state index in [1.807, 2.05) is 19.1 Å². The van der Waals surface area contributed by atoms with Crippen LogP contribution in [0.5, 0.6) is 0 Å². The van der Waals surface area contributed by atoms with Crippen molar-refractivity contribution in [2.75, 3.05) is 19.8 Å². The van der Waals surface area contributed by atoms with Gasteiger partial charge < -0.3 is 34.4 Å². The second-order valence-electron chi connectivity index (χ2n) is 14.9. The van der Waals surface area contributed by atoms with Crippen LogP contribution >= 0.6 is 7.60 Å². The third kappa shape index (κ3) is 7.84. The average Bonchev–Trinajstić information content (AvgIpc) is 3.35. The number of ether oxygens (including phenoxy) is 2. The van der Waals surface area contributed by atoms with E-state index in [4.69, 9.17) is 14.0 Å². The minimum atomic E-state index is -4.33. The summed E-state index contributed by atoms with van der Waals surface area (Å²) in [5, 5.41) is 3.87. The Morgan fingerprint density at radius 3 is 2.63 bits per heavy atom. The van der Waals surface area contributed by atoms with E-state index in [0.717, 1.165) is 36.8 Å². The number of amides is 4. The van der Waals surface area contributed by atoms with Crippen molar-refractivity contribution in [2.45, 2.75) is 110 Å². The number of alkyl carbamates (subject to hydrolysis) is 1. The number of cyclic esters (lactones) is 1. The van der Waals surface area contributed by atoms with Gasteiger partial charge in [-0.2, -0.15) is 0 Å². The molecule has 4 bridgehead atoms. The van der Waals surface area contributed by atoms with Gasteiger partial charge >= 0.3 is 19.8 Å². The van der Waals surface area contributed by atoms with Crippen LogP contribution < -0.4 is 10.6 Å². The van der Waals surface area contributed by atoms with Crippen LogP contribution in [0, 0.1) is 17.3 Å². The zero-order valence-corrected chi connectivity index (χ0v) is 30.1. The molecule has 0 spiro atoms. The summed E-state index contributed by atoms with van der Waals surface area (Å²) in [4.78, 5) is 68.8. The lowest BCUT2D eigenvalue weighted by Crippen LogP contribution is -2.58. The van der Waals surface area contributed by atoms with Gasteiger partial charge in [0, 0.05) is 25.4 Å². The molecular weight excluding hydrogens is 651 g/mol. The van der Waals surface area contributed by atoms with E-state index >= 15 is 0 Å². The summed E-state index contributed by atoms with van der Waals surface area (Å²) in [5.41, 5.74) is 2.57. The molecule has 5 rings (SSSR count). The first-order valence-corrected chi connectivity index (χ1v) is 18.9. The van der Waals surface area contributed by atoms with Crippen LogP contribution in [0.4, 0.5) is 9.59 Å². The van der Waals surface area contributed by atoms with Crippen molar-refractivity contribution in [3.63, 3.8) is 0 Å². The number of benzene rings is 1. The number of nitrogens with zero attached hydrogens (tertiary/aromatic N) is 2. The zero-order chi connectivity index (χ0) is 35.7. The molecule has 3 heterocycles. The molecule has 1 aromatic rings. The highest BCUT2D eigenvalue weighted by Gasteiger charge is 2.67. The molecule has 1 saturated carbocycles. The Labute approximate surface area is 288 Å². The van der Waals surface area contributed by atoms with Gasteiger partial charge in [0.1, 0.15) is 23.5 Å². The van der Waals surface area contributed by atoms with Crippen LogP contribution in [-0.2, 0) is 47.7 Å². The lowest BCUT2D eigenvalue weighted by Gasteiger charge is -2.35. The highest BCUT2D eigenvalue weighted by molar-refractivity contribution is 7.55. The van der Waals surface area contributed by atoms with Gasteiger partial charge in [0.05, 0.1) is 19.8 Å². The Morgan fingerprint density at radius 2 is 1.96 bits per heavy atom. The van der Waals surface area contributed by atoms with Crippen LogP contribution in [0.2, 0.25) is 0 Å². The topological polar surface area (TPSA) is 164 Å². The summed E-state index contributed by atoms with van der Waals surface area (Å²) in [5.74, 6) is -1.67. The Kier molecular flexibility index (Phi) is 10.9. The van der Waals surface area contributed by atoms with Gasteiger partial charge in [0.2, 0.25) is 11.8 Å². The van der Waals surface area contributed by atoms with Crippen LogP contribution in [0.15, 0.2) is 30.9 Å². The summed E-state index contributed by atoms with van der Waals surface area (Å²) in [7, 11) is -4.33. The largest absolute Gasteiger partial charge is 0.449 e. The van der Waals surface area contributed by atoms with Crippen molar-refractivity contribution in [3.8, 4) is 0 Å². The predicted octanol–water partition coefficient (Wildman–Crippen LogP) is 4.85. The van der Waals surface area contributed by atoms with E-state index < -0.39 is 66.4 Å². The number of nitrogens with one attached hydrogen (secondary N) is 2. The lowest BCUT2D eigenvalue weighted by atomic mass is 9.85. The Hall–Kier alpha value is -3.41. The molecule has 3 aliphatic heterocycles. The number of aryl methyl sites for hydroxylation is 1. The normalized spacial score (nSPS) is 30.8. The Balaban J connectivity index is 1.44. The molecule has 3 N–H and O–H groups in total. The van der Waals surface area contributed by atoms with Crippen molar-refractivity contribution in [1.82, 2.24) is 20.4 Å². The second-order valence-corrected chi connectivity index (χ2v) is 17.0. The number of hydrogen-bond acceptors (Lipinski definition) is 8. The van der Waals surface area contributed by atoms with Crippen LogP contribution in [0.25, 0.3) is 0 Å². The van der Waals surface area contributed by atoms with Gasteiger partial charge in [0.25, 0.3) is 0 Å². The van der Waals surface area contributed by atoms with Gasteiger partial charge in [-0.25, -0.2) is 9.59 Å². The average molecular weight is 703 g/mol. The molecule has 1 aromatic carbocycles. The van der Waals surface area contributed by atoms with Crippen molar-refractivity contribution in [1.29, 1.82) is 0 Å². The third-order valence-electron chi connectivity index (χ3n) is 10.1. The van der Waals surface area contributed by atoms with Crippen molar-refractivity contribution >= 4 is 31.6 Å². The fourth-order valence-electron chi connectivity index (χ4n) is 7.21. The molecule has 2 fully saturated rings. The van der Waals surface area contributed by atoms with Crippen LogP contribution in [-0.4, -0.2) is 81.9 Å². The van der Waals surface area contributed by atoms with E-state index in [2.05, 4.69) is 23.3 Å². The predicted molar refractivity (Wildman–Crippen MR) is 181 cm³/mol. The Bertz CT molecular complexity index is 1510. The molecule has 0 aromatic heterocycles. The quantitative estimate of drug-likeness (QED) is 0.278. The van der Waals surface area contributed by atoms with E-state index in [1.165, 1.54) is 16.5 Å². The molecule has 14 heteroatoms. The number of fused-ring (bicyclic) bond motifs is 3. The van der Waals surface area contributed by atoms with E-state index in [9.17, 15) is 28.6 Å². The standard InChI is InChI=1S/C35H51N4O9P/c1-7-25-17-35(25,49(44,45)47-8-2)37-30(40)28-16-26-19-39(28)31(41)29(34(4,5)6)36-32(42)46-21-22(3)12-9-10-13-23-14-11-15-24-18-38(20-27(23)24)33(43)48-26/h7,11,14-15,22,25-26,28-29H,1,8-10,12-13,16-21H2,2-6H3,(H,36,42)(H,37,40)(H,44,45)/t22-,25+,26+,28-,29+,35-/m0/s1. The monoisotopic (exact) mass is 702 g/mol. The Morgan fingerprint density at radius 1 is 1.22 bits per heavy atom. The zero-order valence-electron chi connectivity index (χ0n) is 29.2. The fraction of sp³-hybridized carbons (Fsp3) is 0.657. The van der Waals surface area contributed by atoms with E-state index in [-0.39, 0.29) is 38.5 Å². The number of carbonyl (C=O) groups excluding carboxylic acids is 4. The first-order valence-electron chi connectivity index (χ1n) is 17.3. The van der Waals surface area contributed by atoms with Crippen molar-refractivity contribution in [3.05, 3.63) is 47.5 Å². The number of rotatable bonds is 6. The summed E-state index contributed by atoms with van der Waals surface area (Å²) >= 11 is 0. The molecule has 7 atom stereocenters. The summed E-state index contributed by atoms with van der Waals surface area (Å²) in [6.45, 7) is 13.5. The third-order valence-corrected chi connectivity index (χ3v) is 12.4. The molecule has 4 aliphatic rings. The molecule has 1 unspecified atom stereocenters. The van der Waals surface area contributed by atoms with E-state index in [1.54, 1.807) is 32.6 Å². The smallest absolute Gasteiger partial charge is 0.410 e. The van der Waals surface area contributed by atoms with Crippen molar-refractivity contribution < 1.29 is 42.6 Å². The molecule has 1 aliphatic carbocycles. The SMILES string of the molecule is C=C[C@@H]1C[C@]1(NC(=O)[C@@H]1C[C@@H]2CN1C(=O)[C@H](C(C)(C)C)NC(=O)OC[C@@H](C)CCCCc1cccc3c1CN(C3)C(=O)O2)P(=O)(O)OCC. The lowest BCUT2D eigenvalue weighted by molar-refractivity contribution is -0.142. The first kappa shape index (κ1) is 36.9. The van der Waals surface area contributed by atoms with Gasteiger partial charge in [-0.3, -0.25) is 19.1 Å². The number of carbonyl (C=O) groups is 4. The molecule has 1 saturated heterocycles. The minimum Gasteiger partial charge on any atom is -0.449 e. The van der Waals surface area contributed by atoms with Gasteiger partial charge in [-0.05, 0) is 60.6 Å². The molecule has 4 amide bonds. The minimum absolute atomic E-state index is 0.0446. The molecule has 13 nitrogen and oxygen atoms in total. The van der Waals surface area contributed by atoms with Crippen LogP contribution in [0.1, 0.15) is 83.4 Å². The highest BCUT2D eigenvalue weighted by Crippen LogP contribution is 2.70. The maximum atomic E-state index is 14.3. The molecule has 49 heavy (non-hydrogen) atoms. The van der Waals surface area contributed by atoms with Gasteiger partial charge in [0.15, 0.2) is 0 Å². The first-order chi connectivity index (χ1) is 23.1. The summed E-state index contributed by atoms with van der Waals surface area (Å²) in [6.07, 6.45) is 3.04. The summed E-state index contributed by atoms with van der Waals surface area (Å²) < 4.78 is 30.0. The molecule has 0 radical (unpaired) electrons. The maximum Gasteiger partial charge on any atom is 0.410 e. The van der Waals surface area contributed by atoms with Crippen LogP contribution in [0.3, 0.4) is 0 Å². The molecular formula is C35H51N4O9P. The van der Waals surface area contributed by atoms with Gasteiger partial charge in [-0.15, -0.1) is 6.58 Å².